The van der Waals surface area contributed by atoms with Crippen molar-refractivity contribution in [1.82, 2.24) is 9.80 Å². The highest BCUT2D eigenvalue weighted by Crippen LogP contribution is 2.20. The van der Waals surface area contributed by atoms with Crippen molar-refractivity contribution in [3.8, 4) is 11.8 Å². The first-order valence-electron chi connectivity index (χ1n) is 7.25. The van der Waals surface area contributed by atoms with E-state index in [4.69, 9.17) is 0 Å². The Hall–Kier alpha value is -1.01. The molecule has 0 radical (unpaired) electrons. The summed E-state index contributed by atoms with van der Waals surface area (Å²) in [6, 6.07) is 0. The minimum atomic E-state index is 0.359. The third kappa shape index (κ3) is 3.74. The Bertz CT molecular complexity index is 342. The van der Waals surface area contributed by atoms with Gasteiger partial charge in [-0.25, -0.2) is 0 Å². The van der Waals surface area contributed by atoms with Gasteiger partial charge in [0.1, 0.15) is 0 Å². The van der Waals surface area contributed by atoms with Gasteiger partial charge in [0.2, 0.25) is 5.91 Å². The molecule has 1 atom stereocenters. The second kappa shape index (κ2) is 6.80. The van der Waals surface area contributed by atoms with Crippen LogP contribution in [0.25, 0.3) is 0 Å². The number of hydrogen-bond donors (Lipinski definition) is 0. The van der Waals surface area contributed by atoms with Gasteiger partial charge < -0.3 is 4.90 Å². The number of piperidine rings is 1. The van der Waals surface area contributed by atoms with E-state index >= 15 is 0 Å². The van der Waals surface area contributed by atoms with Gasteiger partial charge in [-0.1, -0.05) is 12.8 Å². The van der Waals surface area contributed by atoms with Crippen molar-refractivity contribution in [2.45, 2.75) is 39.0 Å². The topological polar surface area (TPSA) is 23.6 Å². The molecule has 100 valence electrons. The smallest absolute Gasteiger partial charge is 0.222 e. The first-order valence-corrected chi connectivity index (χ1v) is 7.25. The third-order valence-corrected chi connectivity index (χ3v) is 3.86. The molecule has 0 spiro atoms. The highest BCUT2D eigenvalue weighted by molar-refractivity contribution is 5.78. The maximum atomic E-state index is 11.6. The van der Waals surface area contributed by atoms with Gasteiger partial charge in [0.05, 0.1) is 6.54 Å². The summed E-state index contributed by atoms with van der Waals surface area (Å²) in [5.41, 5.74) is 0. The van der Waals surface area contributed by atoms with E-state index in [2.05, 4.69) is 28.6 Å². The van der Waals surface area contributed by atoms with Gasteiger partial charge in [-0.2, -0.15) is 0 Å². The third-order valence-electron chi connectivity index (χ3n) is 3.86. The second-order valence-electron chi connectivity index (χ2n) is 5.39. The van der Waals surface area contributed by atoms with Crippen molar-refractivity contribution in [2.75, 3.05) is 32.7 Å². The highest BCUT2D eigenvalue weighted by Gasteiger charge is 2.26. The molecule has 2 aliphatic rings. The molecule has 2 saturated heterocycles. The van der Waals surface area contributed by atoms with Gasteiger partial charge in [-0.15, -0.1) is 5.92 Å². The fourth-order valence-corrected chi connectivity index (χ4v) is 2.95. The lowest BCUT2D eigenvalue weighted by molar-refractivity contribution is -0.128. The highest BCUT2D eigenvalue weighted by atomic mass is 16.2. The standard InChI is InChI=1S/C15H24N2O/c1-2-3-4-9-16-10-5-7-14(12-16)13-17-11-6-8-15(17)18/h14H,2,5-13H2,1H3/t14-/m1/s1. The summed E-state index contributed by atoms with van der Waals surface area (Å²) < 4.78 is 0. The fraction of sp³-hybridized carbons (Fsp3) is 0.800. The molecule has 2 aliphatic heterocycles. The number of likely N-dealkylation sites (tertiary alicyclic amines) is 2. The Labute approximate surface area is 111 Å². The van der Waals surface area contributed by atoms with Crippen LogP contribution in [0.2, 0.25) is 0 Å². The molecule has 0 unspecified atom stereocenters. The summed E-state index contributed by atoms with van der Waals surface area (Å²) >= 11 is 0. The molecule has 2 rings (SSSR count). The van der Waals surface area contributed by atoms with Crippen molar-refractivity contribution < 1.29 is 4.79 Å². The predicted molar refractivity (Wildman–Crippen MR) is 73.0 cm³/mol. The van der Waals surface area contributed by atoms with Crippen molar-refractivity contribution in [1.29, 1.82) is 0 Å². The summed E-state index contributed by atoms with van der Waals surface area (Å²) in [4.78, 5) is 16.1. The van der Waals surface area contributed by atoms with E-state index in [1.54, 1.807) is 0 Å². The zero-order valence-electron chi connectivity index (χ0n) is 11.5. The summed E-state index contributed by atoms with van der Waals surface area (Å²) in [5.74, 6) is 7.37. The lowest BCUT2D eigenvalue weighted by Crippen LogP contribution is -2.41. The lowest BCUT2D eigenvalue weighted by atomic mass is 9.97. The molecule has 0 aromatic rings. The first-order chi connectivity index (χ1) is 8.79. The molecule has 1 amide bonds. The van der Waals surface area contributed by atoms with E-state index < -0.39 is 0 Å². The van der Waals surface area contributed by atoms with Crippen molar-refractivity contribution in [3.05, 3.63) is 0 Å². The maximum Gasteiger partial charge on any atom is 0.222 e. The first kappa shape index (κ1) is 13.4. The SMILES string of the molecule is CCC#CCN1CCC[C@@H](CN2CCCC2=O)C1. The largest absolute Gasteiger partial charge is 0.342 e. The zero-order valence-corrected chi connectivity index (χ0v) is 11.5. The van der Waals surface area contributed by atoms with Gasteiger partial charge in [0.25, 0.3) is 0 Å². The Balaban J connectivity index is 1.77. The quantitative estimate of drug-likeness (QED) is 0.710. The molecule has 2 heterocycles. The normalized spacial score (nSPS) is 25.1. The van der Waals surface area contributed by atoms with E-state index in [-0.39, 0.29) is 0 Å². The molecule has 0 aliphatic carbocycles. The molecule has 0 saturated carbocycles. The summed E-state index contributed by atoms with van der Waals surface area (Å²) in [5, 5.41) is 0. The van der Waals surface area contributed by atoms with Crippen LogP contribution in [0, 0.1) is 17.8 Å². The average molecular weight is 248 g/mol. The summed E-state index contributed by atoms with van der Waals surface area (Å²) in [6.07, 6.45) is 5.27. The number of nitrogens with zero attached hydrogens (tertiary/aromatic N) is 2. The number of amides is 1. The van der Waals surface area contributed by atoms with Crippen LogP contribution in [0.3, 0.4) is 0 Å². The summed E-state index contributed by atoms with van der Waals surface area (Å²) in [6.45, 7) is 7.22. The minimum absolute atomic E-state index is 0.359. The molecule has 3 nitrogen and oxygen atoms in total. The van der Waals surface area contributed by atoms with E-state index in [0.717, 1.165) is 45.4 Å². The van der Waals surface area contributed by atoms with Crippen LogP contribution in [0.5, 0.6) is 0 Å². The predicted octanol–water partition coefficient (Wildman–Crippen LogP) is 1.73. The zero-order chi connectivity index (χ0) is 12.8. The van der Waals surface area contributed by atoms with Crippen molar-refractivity contribution in [2.24, 2.45) is 5.92 Å². The van der Waals surface area contributed by atoms with Gasteiger partial charge in [0, 0.05) is 32.5 Å². The van der Waals surface area contributed by atoms with Crippen LogP contribution in [0.1, 0.15) is 39.0 Å². The number of carbonyl (C=O) groups excluding carboxylic acids is 1. The Morgan fingerprint density at radius 2 is 2.17 bits per heavy atom. The van der Waals surface area contributed by atoms with E-state index in [1.165, 1.54) is 19.4 Å². The monoisotopic (exact) mass is 248 g/mol. The van der Waals surface area contributed by atoms with Crippen LogP contribution in [-0.2, 0) is 4.79 Å². The Morgan fingerprint density at radius 1 is 1.28 bits per heavy atom. The number of carbonyl (C=O) groups is 1. The second-order valence-corrected chi connectivity index (χ2v) is 5.39. The molecular weight excluding hydrogens is 224 g/mol. The number of rotatable bonds is 3. The average Bonchev–Trinajstić information content (AvgIpc) is 2.76. The molecule has 0 bridgehead atoms. The van der Waals surface area contributed by atoms with Gasteiger partial charge in [-0.05, 0) is 31.7 Å². The molecule has 2 fully saturated rings. The van der Waals surface area contributed by atoms with Crippen LogP contribution < -0.4 is 0 Å². The molecule has 3 heteroatoms. The molecule has 0 aromatic carbocycles. The van der Waals surface area contributed by atoms with Crippen LogP contribution in [0.4, 0.5) is 0 Å². The van der Waals surface area contributed by atoms with Crippen molar-refractivity contribution >= 4 is 5.91 Å². The van der Waals surface area contributed by atoms with Crippen LogP contribution in [0.15, 0.2) is 0 Å². The molecule has 18 heavy (non-hydrogen) atoms. The van der Waals surface area contributed by atoms with Gasteiger partial charge in [0.15, 0.2) is 0 Å². The molecular formula is C15H24N2O. The van der Waals surface area contributed by atoms with Gasteiger partial charge >= 0.3 is 0 Å². The minimum Gasteiger partial charge on any atom is -0.342 e. The Kier molecular flexibility index (Phi) is 5.07. The van der Waals surface area contributed by atoms with E-state index in [0.29, 0.717) is 11.8 Å². The van der Waals surface area contributed by atoms with E-state index in [9.17, 15) is 4.79 Å². The van der Waals surface area contributed by atoms with E-state index in [1.807, 2.05) is 0 Å². The van der Waals surface area contributed by atoms with Gasteiger partial charge in [-0.3, -0.25) is 9.69 Å². The lowest BCUT2D eigenvalue weighted by Gasteiger charge is -2.33. The number of hydrogen-bond acceptors (Lipinski definition) is 2. The maximum absolute atomic E-state index is 11.6. The van der Waals surface area contributed by atoms with Crippen LogP contribution in [-0.4, -0.2) is 48.4 Å². The summed E-state index contributed by atoms with van der Waals surface area (Å²) in [7, 11) is 0. The fourth-order valence-electron chi connectivity index (χ4n) is 2.95. The molecule has 0 N–H and O–H groups in total. The van der Waals surface area contributed by atoms with Crippen LogP contribution >= 0.6 is 0 Å². The Morgan fingerprint density at radius 3 is 2.89 bits per heavy atom. The molecule has 0 aromatic heterocycles. The van der Waals surface area contributed by atoms with Crippen molar-refractivity contribution in [3.63, 3.8) is 0 Å².